The lowest BCUT2D eigenvalue weighted by Gasteiger charge is -2.29. The fourth-order valence-corrected chi connectivity index (χ4v) is 3.29. The molecule has 1 aromatic carbocycles. The average molecular weight is 304 g/mol. The normalized spacial score (nSPS) is 19.7. The molecule has 0 spiro atoms. The van der Waals surface area contributed by atoms with Crippen LogP contribution in [0.25, 0.3) is 0 Å². The minimum Gasteiger partial charge on any atom is -0.393 e. The highest BCUT2D eigenvalue weighted by Crippen LogP contribution is 2.22. The maximum Gasteiger partial charge on any atom is 0.0515 e. The number of nitrogens with one attached hydrogen (secondary N) is 1. The van der Waals surface area contributed by atoms with Crippen LogP contribution in [0.3, 0.4) is 0 Å². The Morgan fingerprint density at radius 2 is 1.68 bits per heavy atom. The first-order valence-electron chi connectivity index (χ1n) is 8.82. The van der Waals surface area contributed by atoms with E-state index in [-0.39, 0.29) is 6.10 Å². The average Bonchev–Trinajstić information content (AvgIpc) is 2.53. The molecule has 1 fully saturated rings. The van der Waals surface area contributed by atoms with Gasteiger partial charge in [0.15, 0.2) is 0 Å². The third-order valence-electron chi connectivity index (χ3n) is 4.63. The van der Waals surface area contributed by atoms with E-state index in [0.29, 0.717) is 12.0 Å². The van der Waals surface area contributed by atoms with E-state index in [1.54, 1.807) is 0 Å². The van der Waals surface area contributed by atoms with E-state index in [2.05, 4.69) is 48.3 Å². The number of hydrogen-bond donors (Lipinski definition) is 2. The van der Waals surface area contributed by atoms with Crippen LogP contribution < -0.4 is 10.2 Å². The first-order chi connectivity index (χ1) is 10.6. The Labute approximate surface area is 135 Å². The molecule has 1 aliphatic heterocycles. The zero-order valence-corrected chi connectivity index (χ0v) is 14.4. The lowest BCUT2D eigenvalue weighted by molar-refractivity contribution is 0.162. The van der Waals surface area contributed by atoms with Crippen LogP contribution in [-0.2, 0) is 0 Å². The highest BCUT2D eigenvalue weighted by atomic mass is 16.3. The fourth-order valence-electron chi connectivity index (χ4n) is 3.29. The van der Waals surface area contributed by atoms with Gasteiger partial charge >= 0.3 is 0 Å². The van der Waals surface area contributed by atoms with Crippen LogP contribution in [0, 0.1) is 5.92 Å². The van der Waals surface area contributed by atoms with Gasteiger partial charge in [0.2, 0.25) is 0 Å². The molecule has 0 aliphatic carbocycles. The van der Waals surface area contributed by atoms with E-state index in [4.69, 9.17) is 0 Å². The number of anilines is 1. The molecule has 0 aromatic heterocycles. The molecule has 1 aliphatic rings. The first-order valence-corrected chi connectivity index (χ1v) is 8.82. The molecule has 1 heterocycles. The van der Waals surface area contributed by atoms with Gasteiger partial charge in [0.05, 0.1) is 6.10 Å². The van der Waals surface area contributed by atoms with Crippen molar-refractivity contribution in [2.24, 2.45) is 5.92 Å². The highest BCUT2D eigenvalue weighted by Gasteiger charge is 2.12. The molecule has 3 nitrogen and oxygen atoms in total. The maximum absolute atomic E-state index is 9.43. The summed E-state index contributed by atoms with van der Waals surface area (Å²) in [5, 5.41) is 13.0. The Morgan fingerprint density at radius 3 is 2.27 bits per heavy atom. The zero-order chi connectivity index (χ0) is 15.9. The molecule has 22 heavy (non-hydrogen) atoms. The van der Waals surface area contributed by atoms with Gasteiger partial charge in [0, 0.05) is 24.8 Å². The van der Waals surface area contributed by atoms with E-state index in [1.165, 1.54) is 43.6 Å². The molecule has 0 saturated carbocycles. The van der Waals surface area contributed by atoms with E-state index >= 15 is 0 Å². The van der Waals surface area contributed by atoms with Gasteiger partial charge in [0.25, 0.3) is 0 Å². The minimum atomic E-state index is -0.212. The van der Waals surface area contributed by atoms with E-state index in [1.807, 2.05) is 6.92 Å². The van der Waals surface area contributed by atoms with Crippen molar-refractivity contribution in [1.29, 1.82) is 0 Å². The number of hydrogen-bond acceptors (Lipinski definition) is 3. The van der Waals surface area contributed by atoms with Crippen LogP contribution in [0.4, 0.5) is 5.69 Å². The van der Waals surface area contributed by atoms with Crippen molar-refractivity contribution in [3.8, 4) is 0 Å². The predicted octanol–water partition coefficient (Wildman–Crippen LogP) is 3.73. The van der Waals surface area contributed by atoms with Crippen molar-refractivity contribution < 1.29 is 5.11 Å². The van der Waals surface area contributed by atoms with Gasteiger partial charge in [-0.1, -0.05) is 19.1 Å². The maximum atomic E-state index is 9.43. The van der Waals surface area contributed by atoms with E-state index in [9.17, 15) is 5.11 Å². The molecule has 0 amide bonds. The standard InChI is InChI=1S/C19H32N2O/c1-15(13-16(2)22)14-20-17(3)18-7-9-19(10-8-18)21-11-5-4-6-12-21/h7-10,15-17,20,22H,4-6,11-14H2,1-3H3. The third-order valence-corrected chi connectivity index (χ3v) is 4.63. The molecule has 3 unspecified atom stereocenters. The molecule has 2 N–H and O–H groups in total. The Bertz CT molecular complexity index is 424. The first kappa shape index (κ1) is 17.3. The van der Waals surface area contributed by atoms with Gasteiger partial charge in [-0.25, -0.2) is 0 Å². The monoisotopic (exact) mass is 304 g/mol. The molecule has 1 saturated heterocycles. The number of benzene rings is 1. The summed E-state index contributed by atoms with van der Waals surface area (Å²) in [6, 6.07) is 9.38. The van der Waals surface area contributed by atoms with Crippen molar-refractivity contribution in [1.82, 2.24) is 5.32 Å². The second-order valence-electron chi connectivity index (χ2n) is 6.96. The van der Waals surface area contributed by atoms with Crippen molar-refractivity contribution in [3.63, 3.8) is 0 Å². The van der Waals surface area contributed by atoms with Crippen LogP contribution in [0.2, 0.25) is 0 Å². The molecule has 124 valence electrons. The van der Waals surface area contributed by atoms with Gasteiger partial charge in [-0.3, -0.25) is 0 Å². The quantitative estimate of drug-likeness (QED) is 0.805. The van der Waals surface area contributed by atoms with Crippen LogP contribution in [0.5, 0.6) is 0 Å². The van der Waals surface area contributed by atoms with Crippen molar-refractivity contribution in [3.05, 3.63) is 29.8 Å². The molecular weight excluding hydrogens is 272 g/mol. The second-order valence-corrected chi connectivity index (χ2v) is 6.96. The summed E-state index contributed by atoms with van der Waals surface area (Å²) in [7, 11) is 0. The largest absolute Gasteiger partial charge is 0.393 e. The molecule has 0 radical (unpaired) electrons. The van der Waals surface area contributed by atoms with Crippen molar-refractivity contribution in [2.75, 3.05) is 24.5 Å². The van der Waals surface area contributed by atoms with E-state index < -0.39 is 0 Å². The van der Waals surface area contributed by atoms with Crippen LogP contribution >= 0.6 is 0 Å². The van der Waals surface area contributed by atoms with E-state index in [0.717, 1.165) is 13.0 Å². The van der Waals surface area contributed by atoms with Crippen LogP contribution in [0.1, 0.15) is 58.1 Å². The summed E-state index contributed by atoms with van der Waals surface area (Å²) in [5.41, 5.74) is 2.70. The smallest absolute Gasteiger partial charge is 0.0515 e. The summed E-state index contributed by atoms with van der Waals surface area (Å²) < 4.78 is 0. The summed E-state index contributed by atoms with van der Waals surface area (Å²) in [5.74, 6) is 0.495. The molecule has 0 bridgehead atoms. The number of rotatable bonds is 7. The van der Waals surface area contributed by atoms with Crippen molar-refractivity contribution >= 4 is 5.69 Å². The summed E-state index contributed by atoms with van der Waals surface area (Å²) in [6.07, 6.45) is 4.66. The molecule has 1 aromatic rings. The lowest BCUT2D eigenvalue weighted by atomic mass is 10.0. The molecular formula is C19H32N2O. The summed E-state index contributed by atoms with van der Waals surface area (Å²) in [4.78, 5) is 2.50. The SMILES string of the molecule is CC(O)CC(C)CNC(C)c1ccc(N2CCCCC2)cc1. The summed E-state index contributed by atoms with van der Waals surface area (Å²) >= 11 is 0. The third kappa shape index (κ3) is 5.29. The number of aliphatic hydroxyl groups excluding tert-OH is 1. The molecule has 3 heteroatoms. The van der Waals surface area contributed by atoms with Gasteiger partial charge in [-0.05, 0) is 69.7 Å². The van der Waals surface area contributed by atoms with Gasteiger partial charge in [0.1, 0.15) is 0 Å². The Kier molecular flexibility index (Phi) is 6.71. The van der Waals surface area contributed by atoms with Gasteiger partial charge in [-0.2, -0.15) is 0 Å². The number of piperidine rings is 1. The number of nitrogens with zero attached hydrogens (tertiary/aromatic N) is 1. The van der Waals surface area contributed by atoms with Crippen LogP contribution in [0.15, 0.2) is 24.3 Å². The molecule has 3 atom stereocenters. The van der Waals surface area contributed by atoms with Crippen LogP contribution in [-0.4, -0.2) is 30.8 Å². The molecule has 2 rings (SSSR count). The fraction of sp³-hybridized carbons (Fsp3) is 0.684. The summed E-state index contributed by atoms with van der Waals surface area (Å²) in [6.45, 7) is 9.60. The minimum absolute atomic E-state index is 0.212. The van der Waals surface area contributed by atoms with Gasteiger partial charge in [-0.15, -0.1) is 0 Å². The number of aliphatic hydroxyl groups is 1. The predicted molar refractivity (Wildman–Crippen MR) is 94.4 cm³/mol. The Balaban J connectivity index is 1.83. The Hall–Kier alpha value is -1.06. The van der Waals surface area contributed by atoms with Gasteiger partial charge < -0.3 is 15.3 Å². The second kappa shape index (κ2) is 8.54. The zero-order valence-electron chi connectivity index (χ0n) is 14.4. The van der Waals surface area contributed by atoms with Crippen molar-refractivity contribution in [2.45, 2.75) is 58.6 Å². The lowest BCUT2D eigenvalue weighted by Crippen LogP contribution is -2.29. The Morgan fingerprint density at radius 1 is 1.05 bits per heavy atom. The highest BCUT2D eigenvalue weighted by molar-refractivity contribution is 5.48. The topological polar surface area (TPSA) is 35.5 Å².